The first kappa shape index (κ1) is 21.4. The lowest BCUT2D eigenvalue weighted by molar-refractivity contribution is 0.0367. The van der Waals surface area contributed by atoms with Gasteiger partial charge in [0.25, 0.3) is 0 Å². The molecule has 6 nitrogen and oxygen atoms in total. The van der Waals surface area contributed by atoms with Gasteiger partial charge in [-0.2, -0.15) is 0 Å². The molecule has 0 saturated carbocycles. The Labute approximate surface area is 151 Å². The van der Waals surface area contributed by atoms with Gasteiger partial charge in [0.05, 0.1) is 17.0 Å². The number of aliphatic imine (C=N–C) groups is 1. The minimum atomic E-state index is -3.21. The van der Waals surface area contributed by atoms with Crippen molar-refractivity contribution in [1.82, 2.24) is 10.6 Å². The molecule has 1 aromatic carbocycles. The van der Waals surface area contributed by atoms with E-state index in [0.29, 0.717) is 43.3 Å². The number of hydrogen-bond donors (Lipinski definition) is 3. The van der Waals surface area contributed by atoms with E-state index in [1.165, 1.54) is 6.26 Å². The molecule has 0 fully saturated rings. The summed E-state index contributed by atoms with van der Waals surface area (Å²) in [5, 5.41) is 16.7. The molecule has 0 amide bonds. The van der Waals surface area contributed by atoms with Gasteiger partial charge in [-0.25, -0.2) is 13.4 Å². The summed E-state index contributed by atoms with van der Waals surface area (Å²) in [5.41, 5.74) is 0.909. The van der Waals surface area contributed by atoms with Crippen LogP contribution >= 0.6 is 0 Å². The van der Waals surface area contributed by atoms with Crippen LogP contribution in [0.15, 0.2) is 28.1 Å². The smallest absolute Gasteiger partial charge is 0.191 e. The Morgan fingerprint density at radius 1 is 1.20 bits per heavy atom. The standard InChI is InChI=1S/C18H31N3O3S/c1-6-18(22,7-2)13-21-17(19-8-3)20-12-15-9-10-16(14(4)11-15)25(5,23)24/h9-11,22H,6-8,12-13H2,1-5H3,(H2,19,20,21). The predicted octanol–water partition coefficient (Wildman–Crippen LogP) is 2.00. The van der Waals surface area contributed by atoms with Gasteiger partial charge in [0, 0.05) is 19.3 Å². The van der Waals surface area contributed by atoms with Gasteiger partial charge in [0.2, 0.25) is 0 Å². The maximum absolute atomic E-state index is 11.7. The van der Waals surface area contributed by atoms with Crippen LogP contribution in [0.25, 0.3) is 0 Å². The molecule has 0 saturated heterocycles. The van der Waals surface area contributed by atoms with Crippen molar-refractivity contribution in [2.24, 2.45) is 4.99 Å². The van der Waals surface area contributed by atoms with Gasteiger partial charge >= 0.3 is 0 Å². The quantitative estimate of drug-likeness (QED) is 0.482. The second-order valence-electron chi connectivity index (χ2n) is 6.35. The largest absolute Gasteiger partial charge is 0.388 e. The summed E-state index contributed by atoms with van der Waals surface area (Å²) in [4.78, 5) is 4.87. The van der Waals surface area contributed by atoms with Crippen LogP contribution < -0.4 is 10.6 Å². The number of nitrogens with zero attached hydrogens (tertiary/aromatic N) is 1. The number of rotatable bonds is 8. The number of sulfone groups is 1. The van der Waals surface area contributed by atoms with E-state index in [1.54, 1.807) is 19.1 Å². The highest BCUT2D eigenvalue weighted by Crippen LogP contribution is 2.17. The monoisotopic (exact) mass is 369 g/mol. The van der Waals surface area contributed by atoms with Crippen LogP contribution in [0.2, 0.25) is 0 Å². The average Bonchev–Trinajstić information content (AvgIpc) is 2.56. The Hall–Kier alpha value is -1.60. The normalized spacial score (nSPS) is 13.0. The van der Waals surface area contributed by atoms with E-state index >= 15 is 0 Å². The zero-order chi connectivity index (χ0) is 19.1. The minimum absolute atomic E-state index is 0.348. The first-order valence-electron chi connectivity index (χ1n) is 8.69. The molecule has 0 spiro atoms. The Balaban J connectivity index is 2.86. The summed E-state index contributed by atoms with van der Waals surface area (Å²) in [7, 11) is -3.21. The van der Waals surface area contributed by atoms with E-state index in [9.17, 15) is 13.5 Å². The van der Waals surface area contributed by atoms with Crippen molar-refractivity contribution < 1.29 is 13.5 Å². The molecular formula is C18H31N3O3S. The van der Waals surface area contributed by atoms with E-state index in [1.807, 2.05) is 26.8 Å². The van der Waals surface area contributed by atoms with E-state index in [4.69, 9.17) is 0 Å². The molecule has 0 radical (unpaired) electrons. The topological polar surface area (TPSA) is 90.8 Å². The van der Waals surface area contributed by atoms with Crippen LogP contribution in [0.3, 0.4) is 0 Å². The Kier molecular flexibility index (Phi) is 7.89. The van der Waals surface area contributed by atoms with Crippen molar-refractivity contribution in [3.63, 3.8) is 0 Å². The third kappa shape index (κ3) is 6.66. The highest BCUT2D eigenvalue weighted by molar-refractivity contribution is 7.90. The fourth-order valence-corrected chi connectivity index (χ4v) is 3.45. The van der Waals surface area contributed by atoms with Crippen LogP contribution in [0.1, 0.15) is 44.7 Å². The third-order valence-corrected chi connectivity index (χ3v) is 5.56. The Morgan fingerprint density at radius 2 is 1.84 bits per heavy atom. The lowest BCUT2D eigenvalue weighted by Crippen LogP contribution is -2.46. The zero-order valence-electron chi connectivity index (χ0n) is 15.9. The van der Waals surface area contributed by atoms with Crippen molar-refractivity contribution in [1.29, 1.82) is 0 Å². The number of benzene rings is 1. The molecule has 0 heterocycles. The average molecular weight is 370 g/mol. The number of guanidine groups is 1. The highest BCUT2D eigenvalue weighted by Gasteiger charge is 2.22. The molecule has 0 aliphatic rings. The van der Waals surface area contributed by atoms with Gasteiger partial charge in [-0.15, -0.1) is 0 Å². The van der Waals surface area contributed by atoms with Crippen LogP contribution in [0.4, 0.5) is 0 Å². The molecule has 0 atom stereocenters. The van der Waals surface area contributed by atoms with Gasteiger partial charge in [-0.05, 0) is 43.9 Å². The molecule has 1 rings (SSSR count). The van der Waals surface area contributed by atoms with E-state index < -0.39 is 15.4 Å². The maximum atomic E-state index is 11.7. The Morgan fingerprint density at radius 3 is 2.32 bits per heavy atom. The van der Waals surface area contributed by atoms with Crippen LogP contribution in [0.5, 0.6) is 0 Å². The summed E-state index contributed by atoms with van der Waals surface area (Å²) in [6.07, 6.45) is 2.55. The second kappa shape index (κ2) is 9.20. The lowest BCUT2D eigenvalue weighted by Gasteiger charge is -2.26. The number of hydrogen-bond acceptors (Lipinski definition) is 4. The van der Waals surface area contributed by atoms with E-state index in [2.05, 4.69) is 15.6 Å². The third-order valence-electron chi connectivity index (χ3n) is 4.30. The van der Waals surface area contributed by atoms with Crippen molar-refractivity contribution >= 4 is 15.8 Å². The van der Waals surface area contributed by atoms with Gasteiger partial charge in [-0.3, -0.25) is 0 Å². The minimum Gasteiger partial charge on any atom is -0.388 e. The van der Waals surface area contributed by atoms with Crippen molar-refractivity contribution in [3.8, 4) is 0 Å². The van der Waals surface area contributed by atoms with Crippen LogP contribution in [0, 0.1) is 6.92 Å². The zero-order valence-corrected chi connectivity index (χ0v) is 16.7. The molecule has 7 heteroatoms. The molecule has 0 bridgehead atoms. The Bertz CT molecular complexity index is 696. The summed E-state index contributed by atoms with van der Waals surface area (Å²) in [6.45, 7) is 9.26. The van der Waals surface area contributed by atoms with Gasteiger partial charge in [0.1, 0.15) is 0 Å². The van der Waals surface area contributed by atoms with Crippen molar-refractivity contribution in [2.75, 3.05) is 19.3 Å². The highest BCUT2D eigenvalue weighted by atomic mass is 32.2. The molecule has 0 aliphatic heterocycles. The predicted molar refractivity (Wildman–Crippen MR) is 103 cm³/mol. The maximum Gasteiger partial charge on any atom is 0.191 e. The van der Waals surface area contributed by atoms with Crippen LogP contribution in [-0.2, 0) is 16.4 Å². The van der Waals surface area contributed by atoms with Crippen molar-refractivity contribution in [3.05, 3.63) is 29.3 Å². The number of aliphatic hydroxyl groups is 1. The summed E-state index contributed by atoms with van der Waals surface area (Å²) in [5.74, 6) is 0.632. The first-order chi connectivity index (χ1) is 11.6. The summed E-state index contributed by atoms with van der Waals surface area (Å²) in [6, 6.07) is 5.26. The molecule has 0 aromatic heterocycles. The summed E-state index contributed by atoms with van der Waals surface area (Å²) >= 11 is 0. The van der Waals surface area contributed by atoms with Gasteiger partial charge < -0.3 is 15.7 Å². The molecular weight excluding hydrogens is 338 g/mol. The van der Waals surface area contributed by atoms with Gasteiger partial charge in [-0.1, -0.05) is 26.0 Å². The number of nitrogens with one attached hydrogen (secondary N) is 2. The van der Waals surface area contributed by atoms with Crippen molar-refractivity contribution in [2.45, 2.75) is 57.6 Å². The summed E-state index contributed by atoms with van der Waals surface area (Å²) < 4.78 is 23.4. The molecule has 142 valence electrons. The fourth-order valence-electron chi connectivity index (χ4n) is 2.49. The van der Waals surface area contributed by atoms with Crippen LogP contribution in [-0.4, -0.2) is 44.4 Å². The second-order valence-corrected chi connectivity index (χ2v) is 8.34. The molecule has 0 unspecified atom stereocenters. The molecule has 1 aromatic rings. The molecule has 0 aliphatic carbocycles. The first-order valence-corrected chi connectivity index (χ1v) is 10.6. The molecule has 3 N–H and O–H groups in total. The van der Waals surface area contributed by atoms with Gasteiger partial charge in [0.15, 0.2) is 15.8 Å². The molecule has 25 heavy (non-hydrogen) atoms. The van der Waals surface area contributed by atoms with E-state index in [0.717, 1.165) is 11.1 Å². The number of aryl methyl sites for hydroxylation is 1. The lowest BCUT2D eigenvalue weighted by atomic mass is 9.98. The fraction of sp³-hybridized carbons (Fsp3) is 0.611. The SMILES string of the molecule is CCNC(=NCc1ccc(S(C)(=O)=O)c(C)c1)NCC(O)(CC)CC. The van der Waals surface area contributed by atoms with E-state index in [-0.39, 0.29) is 0 Å².